The summed E-state index contributed by atoms with van der Waals surface area (Å²) in [5, 5.41) is 11.2. The van der Waals surface area contributed by atoms with Crippen molar-refractivity contribution < 1.29 is 18.3 Å². The third-order valence-corrected chi connectivity index (χ3v) is 4.74. The number of halogens is 3. The highest BCUT2D eigenvalue weighted by Crippen LogP contribution is 2.47. The molecule has 0 heterocycles. The van der Waals surface area contributed by atoms with E-state index in [1.54, 1.807) is 6.07 Å². The van der Waals surface area contributed by atoms with Crippen molar-refractivity contribution in [3.8, 4) is 0 Å². The molecular formula is C17H23F3O. The van der Waals surface area contributed by atoms with Crippen LogP contribution in [0.2, 0.25) is 0 Å². The van der Waals surface area contributed by atoms with E-state index in [0.717, 1.165) is 25.0 Å². The van der Waals surface area contributed by atoms with Crippen LogP contribution in [0.25, 0.3) is 0 Å². The molecular weight excluding hydrogens is 277 g/mol. The molecule has 1 aliphatic rings. The van der Waals surface area contributed by atoms with E-state index < -0.39 is 17.3 Å². The molecule has 0 spiro atoms. The van der Waals surface area contributed by atoms with Gasteiger partial charge in [-0.3, -0.25) is 0 Å². The Morgan fingerprint density at radius 2 is 1.90 bits per heavy atom. The van der Waals surface area contributed by atoms with Crippen molar-refractivity contribution in [3.63, 3.8) is 0 Å². The molecule has 4 heteroatoms. The summed E-state index contributed by atoms with van der Waals surface area (Å²) in [4.78, 5) is 0. The molecule has 0 radical (unpaired) electrons. The van der Waals surface area contributed by atoms with E-state index in [1.807, 2.05) is 13.8 Å². The van der Waals surface area contributed by atoms with Crippen LogP contribution in [0.5, 0.6) is 0 Å². The lowest BCUT2D eigenvalue weighted by Crippen LogP contribution is -2.43. The lowest BCUT2D eigenvalue weighted by Gasteiger charge is -2.45. The second-order valence-electron chi connectivity index (χ2n) is 6.74. The maximum atomic E-state index is 12.9. The highest BCUT2D eigenvalue weighted by molar-refractivity contribution is 5.31. The Morgan fingerprint density at radius 3 is 2.48 bits per heavy atom. The standard InChI is InChI=1S/C17H23F3O/c1-11(2)15-8-7-12(3)10-16(15,21)13-5-4-6-14(9-13)17(18,19)20/h4-6,9,11-12,15,21H,7-8,10H2,1-3H3. The van der Waals surface area contributed by atoms with Crippen LogP contribution in [0.4, 0.5) is 13.2 Å². The van der Waals surface area contributed by atoms with Crippen LogP contribution in [0.1, 0.15) is 51.2 Å². The molecule has 118 valence electrons. The second-order valence-corrected chi connectivity index (χ2v) is 6.74. The Balaban J connectivity index is 2.45. The van der Waals surface area contributed by atoms with E-state index in [2.05, 4.69) is 6.92 Å². The van der Waals surface area contributed by atoms with Gasteiger partial charge >= 0.3 is 6.18 Å². The molecule has 3 atom stereocenters. The summed E-state index contributed by atoms with van der Waals surface area (Å²) < 4.78 is 38.7. The van der Waals surface area contributed by atoms with Crippen molar-refractivity contribution in [1.82, 2.24) is 0 Å². The number of hydrogen-bond donors (Lipinski definition) is 1. The van der Waals surface area contributed by atoms with E-state index in [1.165, 1.54) is 6.07 Å². The van der Waals surface area contributed by atoms with Gasteiger partial charge < -0.3 is 5.11 Å². The zero-order valence-corrected chi connectivity index (χ0v) is 12.7. The first-order valence-electron chi connectivity index (χ1n) is 7.54. The number of rotatable bonds is 2. The van der Waals surface area contributed by atoms with E-state index in [-0.39, 0.29) is 11.8 Å². The van der Waals surface area contributed by atoms with Gasteiger partial charge in [0.2, 0.25) is 0 Å². The zero-order valence-electron chi connectivity index (χ0n) is 12.7. The van der Waals surface area contributed by atoms with Gasteiger partial charge in [0.05, 0.1) is 11.2 Å². The number of benzene rings is 1. The fourth-order valence-electron chi connectivity index (χ4n) is 3.67. The molecule has 1 aromatic carbocycles. The van der Waals surface area contributed by atoms with Crippen molar-refractivity contribution in [2.75, 3.05) is 0 Å². The molecule has 2 rings (SSSR count). The Bertz CT molecular complexity index is 495. The second kappa shape index (κ2) is 5.64. The van der Waals surface area contributed by atoms with E-state index >= 15 is 0 Å². The first-order chi connectivity index (χ1) is 9.64. The van der Waals surface area contributed by atoms with Crippen LogP contribution in [-0.4, -0.2) is 5.11 Å². The van der Waals surface area contributed by atoms with Gasteiger partial charge in [0.15, 0.2) is 0 Å². The monoisotopic (exact) mass is 300 g/mol. The van der Waals surface area contributed by atoms with Gasteiger partial charge in [-0.2, -0.15) is 13.2 Å². The maximum Gasteiger partial charge on any atom is 0.416 e. The number of aliphatic hydroxyl groups is 1. The molecule has 0 bridgehead atoms. The average molecular weight is 300 g/mol. The predicted molar refractivity (Wildman–Crippen MR) is 76.7 cm³/mol. The Labute approximate surface area is 124 Å². The molecule has 0 saturated heterocycles. The first-order valence-corrected chi connectivity index (χ1v) is 7.54. The quantitative estimate of drug-likeness (QED) is 0.816. The van der Waals surface area contributed by atoms with Crippen molar-refractivity contribution >= 4 is 0 Å². The third kappa shape index (κ3) is 3.25. The molecule has 1 nitrogen and oxygen atoms in total. The van der Waals surface area contributed by atoms with Gasteiger partial charge in [-0.15, -0.1) is 0 Å². The van der Waals surface area contributed by atoms with Crippen molar-refractivity contribution in [3.05, 3.63) is 35.4 Å². The van der Waals surface area contributed by atoms with E-state index in [4.69, 9.17) is 0 Å². The van der Waals surface area contributed by atoms with Gasteiger partial charge in [0, 0.05) is 0 Å². The summed E-state index contributed by atoms with van der Waals surface area (Å²) in [5.74, 6) is 0.550. The van der Waals surface area contributed by atoms with Gasteiger partial charge in [-0.25, -0.2) is 0 Å². The molecule has 3 unspecified atom stereocenters. The predicted octanol–water partition coefficient (Wildman–Crippen LogP) is 4.99. The highest BCUT2D eigenvalue weighted by Gasteiger charge is 2.44. The Hall–Kier alpha value is -1.03. The topological polar surface area (TPSA) is 20.2 Å². The van der Waals surface area contributed by atoms with Crippen LogP contribution in [-0.2, 0) is 11.8 Å². The molecule has 1 N–H and O–H groups in total. The summed E-state index contributed by atoms with van der Waals surface area (Å²) in [6, 6.07) is 5.20. The fourth-order valence-corrected chi connectivity index (χ4v) is 3.67. The highest BCUT2D eigenvalue weighted by atomic mass is 19.4. The summed E-state index contributed by atoms with van der Waals surface area (Å²) in [6.07, 6.45) is -1.98. The Morgan fingerprint density at radius 1 is 1.24 bits per heavy atom. The molecule has 1 saturated carbocycles. The normalized spacial score (nSPS) is 30.7. The van der Waals surface area contributed by atoms with Gasteiger partial charge in [-0.05, 0) is 48.3 Å². The molecule has 1 aromatic rings. The fraction of sp³-hybridized carbons (Fsp3) is 0.647. The minimum absolute atomic E-state index is 0.00261. The van der Waals surface area contributed by atoms with Crippen molar-refractivity contribution in [2.45, 2.75) is 51.8 Å². The van der Waals surface area contributed by atoms with Crippen LogP contribution in [0.3, 0.4) is 0 Å². The third-order valence-electron chi connectivity index (χ3n) is 4.74. The minimum Gasteiger partial charge on any atom is -0.385 e. The van der Waals surface area contributed by atoms with Gasteiger partial charge in [0.1, 0.15) is 0 Å². The minimum atomic E-state index is -4.38. The first kappa shape index (κ1) is 16.3. The Kier molecular flexibility index (Phi) is 4.39. The summed E-state index contributed by atoms with van der Waals surface area (Å²) in [5.41, 5.74) is -1.44. The van der Waals surface area contributed by atoms with Crippen LogP contribution in [0.15, 0.2) is 24.3 Å². The zero-order chi connectivity index (χ0) is 15.8. The largest absolute Gasteiger partial charge is 0.416 e. The van der Waals surface area contributed by atoms with Crippen molar-refractivity contribution in [2.24, 2.45) is 17.8 Å². The van der Waals surface area contributed by atoms with Crippen LogP contribution in [0, 0.1) is 17.8 Å². The van der Waals surface area contributed by atoms with Crippen LogP contribution < -0.4 is 0 Å². The molecule has 1 fully saturated rings. The molecule has 0 amide bonds. The van der Waals surface area contributed by atoms with E-state index in [0.29, 0.717) is 17.9 Å². The summed E-state index contributed by atoms with van der Waals surface area (Å²) in [7, 11) is 0. The van der Waals surface area contributed by atoms with E-state index in [9.17, 15) is 18.3 Å². The molecule has 0 aromatic heterocycles. The number of alkyl halides is 3. The van der Waals surface area contributed by atoms with Gasteiger partial charge in [0.25, 0.3) is 0 Å². The SMILES string of the molecule is CC1CCC(C(C)C)C(O)(c2cccc(C(F)(F)F)c2)C1. The van der Waals surface area contributed by atoms with Crippen molar-refractivity contribution in [1.29, 1.82) is 0 Å². The maximum absolute atomic E-state index is 12.9. The average Bonchev–Trinajstić information content (AvgIpc) is 2.37. The summed E-state index contributed by atoms with van der Waals surface area (Å²) >= 11 is 0. The lowest BCUT2D eigenvalue weighted by molar-refractivity contribution is -0.138. The van der Waals surface area contributed by atoms with Crippen LogP contribution >= 0.6 is 0 Å². The van der Waals surface area contributed by atoms with Gasteiger partial charge in [-0.1, -0.05) is 39.3 Å². The summed E-state index contributed by atoms with van der Waals surface area (Å²) in [6.45, 7) is 6.10. The molecule has 0 aliphatic heterocycles. The smallest absolute Gasteiger partial charge is 0.385 e. The molecule has 1 aliphatic carbocycles. The lowest BCUT2D eigenvalue weighted by atomic mass is 9.64. The number of hydrogen-bond acceptors (Lipinski definition) is 1. The molecule has 21 heavy (non-hydrogen) atoms.